The number of rotatable bonds is 5. The van der Waals surface area contributed by atoms with Gasteiger partial charge in [0.1, 0.15) is 11.9 Å². The van der Waals surface area contributed by atoms with Crippen LogP contribution in [0.2, 0.25) is 0 Å². The van der Waals surface area contributed by atoms with Crippen molar-refractivity contribution in [1.82, 2.24) is 5.32 Å². The summed E-state index contributed by atoms with van der Waals surface area (Å²) < 4.78 is 42.2. The molecule has 1 saturated carbocycles. The highest BCUT2D eigenvalue weighted by Gasteiger charge is 2.53. The zero-order chi connectivity index (χ0) is 25.1. The standard InChI is InChI=1S/C27H21F2NO6/c28-27(29)35-21-9-8-17(13-23(21)36-27)26(10-11-26)25(33)30-19-14-22(34-20-7-2-1-6-18(19)20)15-4-3-5-16(12-15)24(31)32/h1-9,12-13,19,22H,10-11,14H2,(H,30,33)(H,31,32)/t19-,22+/m0/s1. The second-order valence-electron chi connectivity index (χ2n) is 9.25. The lowest BCUT2D eigenvalue weighted by atomic mass is 9.90. The number of hydrogen-bond acceptors (Lipinski definition) is 5. The number of carbonyl (C=O) groups excluding carboxylic acids is 1. The molecule has 2 aliphatic heterocycles. The lowest BCUT2D eigenvalue weighted by Gasteiger charge is -2.34. The molecule has 3 aromatic carbocycles. The van der Waals surface area contributed by atoms with Gasteiger partial charge in [-0.2, -0.15) is 0 Å². The molecule has 0 unspecified atom stereocenters. The minimum Gasteiger partial charge on any atom is -0.485 e. The summed E-state index contributed by atoms with van der Waals surface area (Å²) in [7, 11) is 0. The number of para-hydroxylation sites is 1. The second kappa shape index (κ2) is 7.94. The molecule has 2 heterocycles. The molecular weight excluding hydrogens is 472 g/mol. The van der Waals surface area contributed by atoms with Crippen molar-refractivity contribution in [2.45, 2.75) is 43.1 Å². The van der Waals surface area contributed by atoms with Gasteiger partial charge in [-0.3, -0.25) is 4.79 Å². The van der Waals surface area contributed by atoms with Gasteiger partial charge in [0.05, 0.1) is 17.0 Å². The van der Waals surface area contributed by atoms with Crippen LogP contribution in [0.25, 0.3) is 0 Å². The molecule has 0 bridgehead atoms. The van der Waals surface area contributed by atoms with Gasteiger partial charge in [-0.1, -0.05) is 36.4 Å². The Labute approximate surface area is 204 Å². The van der Waals surface area contributed by atoms with Crippen LogP contribution < -0.4 is 19.5 Å². The largest absolute Gasteiger partial charge is 0.586 e. The van der Waals surface area contributed by atoms with E-state index in [1.807, 2.05) is 24.3 Å². The lowest BCUT2D eigenvalue weighted by molar-refractivity contribution is -0.286. The van der Waals surface area contributed by atoms with Crippen LogP contribution in [-0.4, -0.2) is 23.3 Å². The highest BCUT2D eigenvalue weighted by Crippen LogP contribution is 2.52. The third kappa shape index (κ3) is 3.80. The average Bonchev–Trinajstić information content (AvgIpc) is 3.61. The van der Waals surface area contributed by atoms with Crippen LogP contribution >= 0.6 is 0 Å². The molecule has 1 amide bonds. The van der Waals surface area contributed by atoms with Crippen molar-refractivity contribution in [2.75, 3.05) is 0 Å². The maximum Gasteiger partial charge on any atom is 0.586 e. The number of amides is 1. The number of aromatic carboxylic acids is 1. The first-order chi connectivity index (χ1) is 17.2. The van der Waals surface area contributed by atoms with Gasteiger partial charge in [0.25, 0.3) is 0 Å². The fourth-order valence-corrected chi connectivity index (χ4v) is 4.95. The van der Waals surface area contributed by atoms with Crippen molar-refractivity contribution in [2.24, 2.45) is 0 Å². The summed E-state index contributed by atoms with van der Waals surface area (Å²) in [4.78, 5) is 25.0. The molecule has 0 aromatic heterocycles. The molecule has 7 nitrogen and oxygen atoms in total. The third-order valence-electron chi connectivity index (χ3n) is 6.96. The molecule has 0 radical (unpaired) electrons. The highest BCUT2D eigenvalue weighted by molar-refractivity contribution is 5.92. The lowest BCUT2D eigenvalue weighted by Crippen LogP contribution is -2.39. The zero-order valence-corrected chi connectivity index (χ0v) is 18.9. The van der Waals surface area contributed by atoms with E-state index in [1.54, 1.807) is 24.3 Å². The van der Waals surface area contributed by atoms with E-state index in [4.69, 9.17) is 4.74 Å². The molecule has 0 saturated heterocycles. The number of nitrogens with one attached hydrogen (secondary N) is 1. The van der Waals surface area contributed by atoms with E-state index in [9.17, 15) is 23.5 Å². The molecule has 1 fully saturated rings. The highest BCUT2D eigenvalue weighted by atomic mass is 19.3. The quantitative estimate of drug-likeness (QED) is 0.513. The summed E-state index contributed by atoms with van der Waals surface area (Å²) in [5.74, 6) is -0.797. The van der Waals surface area contributed by atoms with Crippen molar-refractivity contribution in [3.8, 4) is 17.2 Å². The van der Waals surface area contributed by atoms with E-state index in [0.29, 0.717) is 36.1 Å². The zero-order valence-electron chi connectivity index (χ0n) is 18.9. The van der Waals surface area contributed by atoms with Crippen LogP contribution in [0, 0.1) is 0 Å². The molecule has 3 aliphatic rings. The van der Waals surface area contributed by atoms with Crippen LogP contribution in [0.3, 0.4) is 0 Å². The summed E-state index contributed by atoms with van der Waals surface area (Å²) in [5, 5.41) is 12.5. The first-order valence-electron chi connectivity index (χ1n) is 11.5. The van der Waals surface area contributed by atoms with Gasteiger partial charge in [-0.25, -0.2) is 4.79 Å². The van der Waals surface area contributed by atoms with Gasteiger partial charge in [0.15, 0.2) is 11.5 Å². The number of fused-ring (bicyclic) bond motifs is 2. The van der Waals surface area contributed by atoms with Crippen LogP contribution in [-0.2, 0) is 10.2 Å². The topological polar surface area (TPSA) is 94.1 Å². The molecule has 0 spiro atoms. The monoisotopic (exact) mass is 493 g/mol. The van der Waals surface area contributed by atoms with Crippen LogP contribution in [0.15, 0.2) is 66.7 Å². The number of ether oxygens (including phenoxy) is 3. The van der Waals surface area contributed by atoms with Crippen molar-refractivity contribution < 1.29 is 37.7 Å². The van der Waals surface area contributed by atoms with E-state index in [2.05, 4.69) is 14.8 Å². The molecule has 184 valence electrons. The third-order valence-corrected chi connectivity index (χ3v) is 6.96. The van der Waals surface area contributed by atoms with Crippen molar-refractivity contribution >= 4 is 11.9 Å². The SMILES string of the molecule is O=C(O)c1cccc([C@H]2C[C@H](NC(=O)C3(c4ccc5c(c4)OC(F)(F)O5)CC3)c3ccccc3O2)c1. The summed E-state index contributed by atoms with van der Waals surface area (Å²) >= 11 is 0. The van der Waals surface area contributed by atoms with Gasteiger partial charge in [-0.15, -0.1) is 8.78 Å². The maximum absolute atomic E-state index is 13.6. The molecule has 36 heavy (non-hydrogen) atoms. The van der Waals surface area contributed by atoms with E-state index in [0.717, 1.165) is 5.56 Å². The Bertz CT molecular complexity index is 1390. The van der Waals surface area contributed by atoms with E-state index in [-0.39, 0.29) is 23.0 Å². The van der Waals surface area contributed by atoms with Gasteiger partial charge >= 0.3 is 12.3 Å². The average molecular weight is 493 g/mol. The first-order valence-corrected chi connectivity index (χ1v) is 11.5. The minimum atomic E-state index is -3.72. The smallest absolute Gasteiger partial charge is 0.485 e. The Morgan fingerprint density at radius 1 is 0.917 bits per heavy atom. The minimum absolute atomic E-state index is 0.0650. The number of hydrogen-bond donors (Lipinski definition) is 2. The summed E-state index contributed by atoms with van der Waals surface area (Å²) in [6, 6.07) is 18.0. The first kappa shape index (κ1) is 22.3. The van der Waals surface area contributed by atoms with Crippen LogP contribution in [0.5, 0.6) is 17.2 Å². The Balaban J connectivity index is 1.27. The normalized spacial score (nSPS) is 22.2. The van der Waals surface area contributed by atoms with Gasteiger partial charge in [-0.05, 0) is 54.3 Å². The van der Waals surface area contributed by atoms with Crippen molar-refractivity contribution in [3.05, 3.63) is 89.0 Å². The molecule has 2 atom stereocenters. The Kier molecular flexibility index (Phi) is 4.93. The summed E-state index contributed by atoms with van der Waals surface area (Å²) in [6.45, 7) is 0. The van der Waals surface area contributed by atoms with E-state index in [1.165, 1.54) is 18.2 Å². The van der Waals surface area contributed by atoms with E-state index >= 15 is 0 Å². The summed E-state index contributed by atoms with van der Waals surface area (Å²) in [5.41, 5.74) is 1.41. The molecular formula is C27H21F2NO6. The number of carboxylic acid groups (broad SMARTS) is 1. The molecule has 9 heteroatoms. The Hall–Kier alpha value is -4.14. The van der Waals surface area contributed by atoms with Crippen molar-refractivity contribution in [1.29, 1.82) is 0 Å². The number of carbonyl (C=O) groups is 2. The number of alkyl halides is 2. The Morgan fingerprint density at radius 2 is 1.69 bits per heavy atom. The predicted octanol–water partition coefficient (Wildman–Crippen LogP) is 5.12. The van der Waals surface area contributed by atoms with Crippen molar-refractivity contribution in [3.63, 3.8) is 0 Å². The summed E-state index contributed by atoms with van der Waals surface area (Å²) in [6.07, 6.45) is -2.64. The molecule has 3 aromatic rings. The number of benzene rings is 3. The predicted molar refractivity (Wildman–Crippen MR) is 122 cm³/mol. The molecule has 6 rings (SSSR count). The molecule has 2 N–H and O–H groups in total. The fourth-order valence-electron chi connectivity index (χ4n) is 4.95. The second-order valence-corrected chi connectivity index (χ2v) is 9.25. The number of halogens is 2. The van der Waals surface area contributed by atoms with Crippen LogP contribution in [0.1, 0.15) is 58.5 Å². The number of carboxylic acids is 1. The van der Waals surface area contributed by atoms with Gasteiger partial charge in [0, 0.05) is 12.0 Å². The molecule has 1 aliphatic carbocycles. The Morgan fingerprint density at radius 3 is 2.47 bits per heavy atom. The van der Waals surface area contributed by atoms with Gasteiger partial charge < -0.3 is 24.6 Å². The van der Waals surface area contributed by atoms with Gasteiger partial charge in [0.2, 0.25) is 5.91 Å². The van der Waals surface area contributed by atoms with E-state index < -0.39 is 29.8 Å². The van der Waals surface area contributed by atoms with Crippen LogP contribution in [0.4, 0.5) is 8.78 Å². The maximum atomic E-state index is 13.6. The fraction of sp³-hybridized carbons (Fsp3) is 0.259.